The average Bonchev–Trinajstić information content (AvgIpc) is 3.18. The van der Waals surface area contributed by atoms with Gasteiger partial charge in [-0.05, 0) is 17.7 Å². The summed E-state index contributed by atoms with van der Waals surface area (Å²) in [5, 5.41) is 9.02. The van der Waals surface area contributed by atoms with E-state index in [0.717, 1.165) is 17.1 Å². The van der Waals surface area contributed by atoms with Gasteiger partial charge in [0.05, 0.1) is 0 Å². The molecule has 2 heterocycles. The summed E-state index contributed by atoms with van der Waals surface area (Å²) in [4.78, 5) is 20.2. The molecule has 3 aromatic rings. The first-order valence-corrected chi connectivity index (χ1v) is 7.40. The van der Waals surface area contributed by atoms with Crippen LogP contribution in [0.1, 0.15) is 41.8 Å². The first-order chi connectivity index (χ1) is 11.1. The Balaban J connectivity index is 1.75. The lowest BCUT2D eigenvalue weighted by Crippen LogP contribution is -2.14. The van der Waals surface area contributed by atoms with Gasteiger partial charge in [0.2, 0.25) is 5.82 Å². The fourth-order valence-corrected chi connectivity index (χ4v) is 2.40. The van der Waals surface area contributed by atoms with Gasteiger partial charge in [0.1, 0.15) is 12.2 Å². The lowest BCUT2D eigenvalue weighted by molar-refractivity contribution is 0.101. The van der Waals surface area contributed by atoms with Gasteiger partial charge in [0, 0.05) is 30.5 Å². The molecule has 0 bridgehead atoms. The number of carbonyl (C=O) groups is 1. The molecule has 7 nitrogen and oxygen atoms in total. The van der Waals surface area contributed by atoms with Gasteiger partial charge in [-0.25, -0.2) is 9.97 Å². The second kappa shape index (κ2) is 6.43. The third kappa shape index (κ3) is 3.45. The molecule has 0 spiro atoms. The highest BCUT2D eigenvalue weighted by Crippen LogP contribution is 2.16. The lowest BCUT2D eigenvalue weighted by atomic mass is 10.1. The standard InChI is InChI=1S/C16H18N6O/c1-11(2)15-17-6-7-22(15)9-12-4-3-5-13(8-12)20-16(23)14-18-10-19-21-14/h3-8,10-11H,9H2,1-2H3,(H,20,23)(H,18,19,21). The molecule has 1 aromatic carbocycles. The van der Waals surface area contributed by atoms with E-state index in [-0.39, 0.29) is 11.7 Å². The minimum absolute atomic E-state index is 0.187. The number of amides is 1. The van der Waals surface area contributed by atoms with Crippen molar-refractivity contribution in [3.05, 3.63) is 60.2 Å². The fraction of sp³-hybridized carbons (Fsp3) is 0.250. The number of hydrogen-bond donors (Lipinski definition) is 2. The first kappa shape index (κ1) is 15.0. The maximum atomic E-state index is 12.0. The summed E-state index contributed by atoms with van der Waals surface area (Å²) in [5.41, 5.74) is 1.80. The Morgan fingerprint density at radius 3 is 2.96 bits per heavy atom. The highest BCUT2D eigenvalue weighted by atomic mass is 16.2. The Labute approximate surface area is 133 Å². The predicted molar refractivity (Wildman–Crippen MR) is 86.2 cm³/mol. The van der Waals surface area contributed by atoms with E-state index in [4.69, 9.17) is 0 Å². The number of carbonyl (C=O) groups excluding carboxylic acids is 1. The van der Waals surface area contributed by atoms with Gasteiger partial charge in [0.25, 0.3) is 5.91 Å². The van der Waals surface area contributed by atoms with E-state index in [2.05, 4.69) is 43.9 Å². The van der Waals surface area contributed by atoms with Crippen LogP contribution >= 0.6 is 0 Å². The molecule has 23 heavy (non-hydrogen) atoms. The maximum absolute atomic E-state index is 12.0. The summed E-state index contributed by atoms with van der Waals surface area (Å²) >= 11 is 0. The quantitative estimate of drug-likeness (QED) is 0.757. The van der Waals surface area contributed by atoms with Crippen molar-refractivity contribution in [2.24, 2.45) is 0 Å². The molecular weight excluding hydrogens is 292 g/mol. The number of aromatic amines is 1. The van der Waals surface area contributed by atoms with Crippen molar-refractivity contribution in [1.29, 1.82) is 0 Å². The van der Waals surface area contributed by atoms with Gasteiger partial charge in [0.15, 0.2) is 0 Å². The van der Waals surface area contributed by atoms with E-state index in [1.54, 1.807) is 0 Å². The van der Waals surface area contributed by atoms with E-state index in [1.165, 1.54) is 6.33 Å². The number of H-pyrrole nitrogens is 1. The molecule has 0 aliphatic carbocycles. The SMILES string of the molecule is CC(C)c1nccn1Cc1cccc(NC(=O)c2ncn[nH]2)c1. The summed E-state index contributed by atoms with van der Waals surface area (Å²) in [6.45, 7) is 4.94. The Kier molecular flexibility index (Phi) is 4.18. The molecule has 7 heteroatoms. The van der Waals surface area contributed by atoms with Gasteiger partial charge in [-0.15, -0.1) is 0 Å². The topological polar surface area (TPSA) is 88.5 Å². The Morgan fingerprint density at radius 2 is 2.22 bits per heavy atom. The highest BCUT2D eigenvalue weighted by molar-refractivity contribution is 6.01. The number of aromatic nitrogens is 5. The molecule has 0 radical (unpaired) electrons. The van der Waals surface area contributed by atoms with Crippen LogP contribution < -0.4 is 5.32 Å². The van der Waals surface area contributed by atoms with Crippen LogP contribution in [0.3, 0.4) is 0 Å². The van der Waals surface area contributed by atoms with Gasteiger partial charge >= 0.3 is 0 Å². The number of hydrogen-bond acceptors (Lipinski definition) is 4. The number of imidazole rings is 1. The Morgan fingerprint density at radius 1 is 1.35 bits per heavy atom. The minimum Gasteiger partial charge on any atom is -0.330 e. The molecule has 2 N–H and O–H groups in total. The third-order valence-corrected chi connectivity index (χ3v) is 3.43. The summed E-state index contributed by atoms with van der Waals surface area (Å²) in [5.74, 6) is 1.28. The molecule has 0 atom stereocenters. The summed E-state index contributed by atoms with van der Waals surface area (Å²) in [6.07, 6.45) is 5.08. The third-order valence-electron chi connectivity index (χ3n) is 3.43. The van der Waals surface area contributed by atoms with E-state index in [1.807, 2.05) is 36.7 Å². The van der Waals surface area contributed by atoms with Crippen molar-refractivity contribution >= 4 is 11.6 Å². The van der Waals surface area contributed by atoms with Crippen LogP contribution in [0.15, 0.2) is 43.0 Å². The normalized spacial score (nSPS) is 10.9. The molecule has 0 unspecified atom stereocenters. The Hall–Kier alpha value is -2.96. The molecule has 0 fully saturated rings. The van der Waals surface area contributed by atoms with Crippen molar-refractivity contribution in [2.75, 3.05) is 5.32 Å². The zero-order chi connectivity index (χ0) is 16.2. The van der Waals surface area contributed by atoms with Crippen LogP contribution in [0, 0.1) is 0 Å². The van der Waals surface area contributed by atoms with Gasteiger partial charge in [-0.2, -0.15) is 5.10 Å². The van der Waals surface area contributed by atoms with Crippen molar-refractivity contribution in [1.82, 2.24) is 24.7 Å². The summed E-state index contributed by atoms with van der Waals surface area (Å²) in [7, 11) is 0. The second-order valence-electron chi connectivity index (χ2n) is 5.56. The van der Waals surface area contributed by atoms with Crippen LogP contribution in [-0.2, 0) is 6.54 Å². The molecule has 3 rings (SSSR count). The number of nitrogens with zero attached hydrogens (tertiary/aromatic N) is 4. The molecule has 0 saturated heterocycles. The summed E-state index contributed by atoms with van der Waals surface area (Å²) in [6, 6.07) is 7.72. The van der Waals surface area contributed by atoms with Crippen molar-refractivity contribution in [2.45, 2.75) is 26.3 Å². The molecule has 118 valence electrons. The number of nitrogens with one attached hydrogen (secondary N) is 2. The number of anilines is 1. The first-order valence-electron chi connectivity index (χ1n) is 7.40. The van der Waals surface area contributed by atoms with Gasteiger partial charge in [-0.3, -0.25) is 9.89 Å². The largest absolute Gasteiger partial charge is 0.330 e. The minimum atomic E-state index is -0.315. The maximum Gasteiger partial charge on any atom is 0.292 e. The molecule has 1 amide bonds. The lowest BCUT2D eigenvalue weighted by Gasteiger charge is -2.11. The van der Waals surface area contributed by atoms with Gasteiger partial charge in [-0.1, -0.05) is 26.0 Å². The predicted octanol–water partition coefficient (Wildman–Crippen LogP) is 2.43. The second-order valence-corrected chi connectivity index (χ2v) is 5.56. The Bertz CT molecular complexity index is 791. The zero-order valence-corrected chi connectivity index (χ0v) is 13.0. The van der Waals surface area contributed by atoms with Gasteiger partial charge < -0.3 is 9.88 Å². The summed E-state index contributed by atoms with van der Waals surface area (Å²) < 4.78 is 2.11. The van der Waals surface area contributed by atoms with Crippen LogP contribution in [0.25, 0.3) is 0 Å². The van der Waals surface area contributed by atoms with E-state index in [9.17, 15) is 4.79 Å². The molecule has 0 aliphatic rings. The number of rotatable bonds is 5. The smallest absolute Gasteiger partial charge is 0.292 e. The van der Waals surface area contributed by atoms with Crippen LogP contribution in [-0.4, -0.2) is 30.6 Å². The molecule has 0 saturated carbocycles. The van der Waals surface area contributed by atoms with E-state index < -0.39 is 0 Å². The van der Waals surface area contributed by atoms with Crippen LogP contribution in [0.4, 0.5) is 5.69 Å². The van der Waals surface area contributed by atoms with Crippen molar-refractivity contribution < 1.29 is 4.79 Å². The average molecular weight is 310 g/mol. The fourth-order valence-electron chi connectivity index (χ4n) is 2.40. The molecule has 0 aliphatic heterocycles. The number of benzene rings is 1. The highest BCUT2D eigenvalue weighted by Gasteiger charge is 2.10. The molecule has 2 aromatic heterocycles. The van der Waals surface area contributed by atoms with Crippen molar-refractivity contribution in [3.8, 4) is 0 Å². The van der Waals surface area contributed by atoms with Crippen LogP contribution in [0.5, 0.6) is 0 Å². The molecular formula is C16H18N6O. The van der Waals surface area contributed by atoms with E-state index >= 15 is 0 Å². The van der Waals surface area contributed by atoms with Crippen molar-refractivity contribution in [3.63, 3.8) is 0 Å². The van der Waals surface area contributed by atoms with E-state index in [0.29, 0.717) is 12.5 Å². The monoisotopic (exact) mass is 310 g/mol. The zero-order valence-electron chi connectivity index (χ0n) is 13.0. The van der Waals surface area contributed by atoms with Crippen LogP contribution in [0.2, 0.25) is 0 Å².